The average Bonchev–Trinajstić information content (AvgIpc) is 2.62. The van der Waals surface area contributed by atoms with Gasteiger partial charge in [-0.3, -0.25) is 4.79 Å². The fourth-order valence-electron chi connectivity index (χ4n) is 2.95. The Morgan fingerprint density at radius 1 is 0.870 bits per heavy atom. The summed E-state index contributed by atoms with van der Waals surface area (Å²) in [4.78, 5) is 11.7. The van der Waals surface area contributed by atoms with E-state index in [1.54, 1.807) is 6.07 Å². The highest BCUT2D eigenvalue weighted by atomic mass is 19.1. The highest BCUT2D eigenvalue weighted by molar-refractivity contribution is 5.90. The average molecular weight is 304 g/mol. The first-order chi connectivity index (χ1) is 11.2. The molecule has 23 heavy (non-hydrogen) atoms. The van der Waals surface area contributed by atoms with E-state index in [1.165, 1.54) is 6.07 Å². The van der Waals surface area contributed by atoms with Gasteiger partial charge in [-0.15, -0.1) is 0 Å². The van der Waals surface area contributed by atoms with E-state index < -0.39 is 0 Å². The van der Waals surface area contributed by atoms with Crippen molar-refractivity contribution in [1.29, 1.82) is 0 Å². The Morgan fingerprint density at radius 3 is 2.09 bits per heavy atom. The van der Waals surface area contributed by atoms with Crippen LogP contribution in [-0.4, -0.2) is 6.29 Å². The molecule has 1 atom stereocenters. The zero-order valence-electron chi connectivity index (χ0n) is 12.9. The summed E-state index contributed by atoms with van der Waals surface area (Å²) in [5.41, 5.74) is 3.54. The summed E-state index contributed by atoms with van der Waals surface area (Å²) in [6.07, 6.45) is 0.764. The number of hydrogen-bond acceptors (Lipinski definition) is 1. The largest absolute Gasteiger partial charge is 0.298 e. The molecule has 1 nitrogen and oxygen atoms in total. The van der Waals surface area contributed by atoms with Gasteiger partial charge < -0.3 is 0 Å². The van der Waals surface area contributed by atoms with Gasteiger partial charge in [-0.25, -0.2) is 4.39 Å². The molecular weight excluding hydrogens is 287 g/mol. The van der Waals surface area contributed by atoms with Crippen LogP contribution < -0.4 is 0 Å². The third-order valence-electron chi connectivity index (χ3n) is 4.17. The van der Waals surface area contributed by atoms with Crippen molar-refractivity contribution in [3.8, 4) is 11.1 Å². The molecule has 0 spiro atoms. The lowest BCUT2D eigenvalue weighted by Crippen LogP contribution is -2.06. The number of carbonyl (C=O) groups excluding carboxylic acids is 1. The molecule has 0 aliphatic rings. The van der Waals surface area contributed by atoms with Crippen molar-refractivity contribution in [3.63, 3.8) is 0 Å². The lowest BCUT2D eigenvalue weighted by molar-refractivity contribution is 0.112. The van der Waals surface area contributed by atoms with Crippen LogP contribution in [0.2, 0.25) is 0 Å². The van der Waals surface area contributed by atoms with Crippen LogP contribution >= 0.6 is 0 Å². The maximum atomic E-state index is 14.5. The summed E-state index contributed by atoms with van der Waals surface area (Å²) < 4.78 is 14.5. The Balaban J connectivity index is 2.19. The highest BCUT2D eigenvalue weighted by Crippen LogP contribution is 2.34. The van der Waals surface area contributed by atoms with Crippen LogP contribution in [0.25, 0.3) is 11.1 Å². The summed E-state index contributed by atoms with van der Waals surface area (Å²) in [7, 11) is 0. The third kappa shape index (κ3) is 2.93. The minimum absolute atomic E-state index is 0.194. The second kappa shape index (κ2) is 6.57. The van der Waals surface area contributed by atoms with Crippen molar-refractivity contribution >= 4 is 6.29 Å². The maximum Gasteiger partial charge on any atom is 0.151 e. The standard InChI is InChI=1S/C21H17FO/c1-15(16-8-4-2-5-9-16)21-19(14-23)18(12-13-20(21)22)17-10-6-3-7-11-17/h2-15H,1H3/t15-/m1/s1. The van der Waals surface area contributed by atoms with Gasteiger partial charge in [0.15, 0.2) is 6.29 Å². The van der Waals surface area contributed by atoms with Gasteiger partial charge in [0.25, 0.3) is 0 Å². The van der Waals surface area contributed by atoms with Crippen LogP contribution in [0.3, 0.4) is 0 Å². The molecule has 3 rings (SSSR count). The maximum absolute atomic E-state index is 14.5. The summed E-state index contributed by atoms with van der Waals surface area (Å²) in [6.45, 7) is 1.93. The van der Waals surface area contributed by atoms with Gasteiger partial charge in [0, 0.05) is 17.0 Å². The first-order valence-electron chi connectivity index (χ1n) is 7.60. The molecule has 0 heterocycles. The lowest BCUT2D eigenvalue weighted by atomic mass is 9.86. The van der Waals surface area contributed by atoms with Gasteiger partial charge in [-0.05, 0) is 22.8 Å². The minimum Gasteiger partial charge on any atom is -0.298 e. The van der Waals surface area contributed by atoms with E-state index >= 15 is 0 Å². The topological polar surface area (TPSA) is 17.1 Å². The van der Waals surface area contributed by atoms with E-state index in [2.05, 4.69) is 0 Å². The van der Waals surface area contributed by atoms with Crippen molar-refractivity contribution < 1.29 is 9.18 Å². The number of carbonyl (C=O) groups is 1. The van der Waals surface area contributed by atoms with E-state index in [0.717, 1.165) is 23.0 Å². The number of hydrogen-bond donors (Lipinski definition) is 0. The molecule has 0 bridgehead atoms. The first-order valence-corrected chi connectivity index (χ1v) is 7.60. The molecule has 0 aliphatic carbocycles. The number of benzene rings is 3. The van der Waals surface area contributed by atoms with Gasteiger partial charge in [0.05, 0.1) is 0 Å². The molecular formula is C21H17FO. The van der Waals surface area contributed by atoms with Crippen LogP contribution in [0.4, 0.5) is 4.39 Å². The number of halogens is 1. The molecule has 3 aromatic rings. The summed E-state index contributed by atoms with van der Waals surface area (Å²) >= 11 is 0. The molecule has 114 valence electrons. The van der Waals surface area contributed by atoms with Crippen molar-refractivity contribution in [2.45, 2.75) is 12.8 Å². The second-order valence-electron chi connectivity index (χ2n) is 5.54. The van der Waals surface area contributed by atoms with Crippen LogP contribution in [0.15, 0.2) is 72.8 Å². The molecule has 0 fully saturated rings. The Hall–Kier alpha value is -2.74. The van der Waals surface area contributed by atoms with Gasteiger partial charge in [0.2, 0.25) is 0 Å². The van der Waals surface area contributed by atoms with E-state index in [9.17, 15) is 9.18 Å². The van der Waals surface area contributed by atoms with Crippen molar-refractivity contribution in [2.75, 3.05) is 0 Å². The molecule has 0 N–H and O–H groups in total. The van der Waals surface area contributed by atoms with E-state index in [1.807, 2.05) is 67.6 Å². The van der Waals surface area contributed by atoms with E-state index in [-0.39, 0.29) is 11.7 Å². The Kier molecular flexibility index (Phi) is 4.33. The zero-order chi connectivity index (χ0) is 16.2. The molecule has 0 amide bonds. The molecule has 2 heteroatoms. The number of aldehydes is 1. The van der Waals surface area contributed by atoms with Crippen LogP contribution in [0.1, 0.15) is 34.3 Å². The lowest BCUT2D eigenvalue weighted by Gasteiger charge is -2.18. The van der Waals surface area contributed by atoms with Gasteiger partial charge >= 0.3 is 0 Å². The summed E-state index contributed by atoms with van der Waals surface area (Å²) in [5, 5.41) is 0. The van der Waals surface area contributed by atoms with Gasteiger partial charge in [-0.1, -0.05) is 73.7 Å². The number of rotatable bonds is 4. The van der Waals surface area contributed by atoms with E-state index in [4.69, 9.17) is 0 Å². The first kappa shape index (κ1) is 15.2. The molecule has 0 saturated carbocycles. The fraction of sp³-hybridized carbons (Fsp3) is 0.0952. The normalized spacial score (nSPS) is 11.9. The Morgan fingerprint density at radius 2 is 1.48 bits per heavy atom. The van der Waals surface area contributed by atoms with Crippen LogP contribution in [0.5, 0.6) is 0 Å². The van der Waals surface area contributed by atoms with E-state index in [0.29, 0.717) is 11.1 Å². The highest BCUT2D eigenvalue weighted by Gasteiger charge is 2.20. The molecule has 0 unspecified atom stereocenters. The fourth-order valence-corrected chi connectivity index (χ4v) is 2.95. The Labute approximate surface area is 135 Å². The Bertz CT molecular complexity index is 810. The van der Waals surface area contributed by atoms with Crippen LogP contribution in [-0.2, 0) is 0 Å². The second-order valence-corrected chi connectivity index (χ2v) is 5.54. The monoisotopic (exact) mass is 304 g/mol. The summed E-state index contributed by atoms with van der Waals surface area (Å²) in [5.74, 6) is -0.539. The molecule has 3 aromatic carbocycles. The van der Waals surface area contributed by atoms with Gasteiger partial charge in [-0.2, -0.15) is 0 Å². The predicted molar refractivity (Wildman–Crippen MR) is 91.2 cm³/mol. The van der Waals surface area contributed by atoms with Gasteiger partial charge in [0.1, 0.15) is 5.82 Å². The molecule has 0 saturated heterocycles. The molecule has 0 aromatic heterocycles. The zero-order valence-corrected chi connectivity index (χ0v) is 12.9. The molecule has 0 radical (unpaired) electrons. The predicted octanol–water partition coefficient (Wildman–Crippen LogP) is 5.46. The summed E-state index contributed by atoms with van der Waals surface area (Å²) in [6, 6.07) is 22.4. The van der Waals surface area contributed by atoms with Crippen molar-refractivity contribution in [1.82, 2.24) is 0 Å². The minimum atomic E-state index is -0.344. The SMILES string of the molecule is C[C@H](c1ccccc1)c1c(F)ccc(-c2ccccc2)c1C=O. The van der Waals surface area contributed by atoms with Crippen molar-refractivity contribution in [3.05, 3.63) is 95.3 Å². The quantitative estimate of drug-likeness (QED) is 0.585. The van der Waals surface area contributed by atoms with Crippen molar-refractivity contribution in [2.24, 2.45) is 0 Å². The molecule has 0 aliphatic heterocycles. The van der Waals surface area contributed by atoms with Crippen LogP contribution in [0, 0.1) is 5.82 Å². The third-order valence-corrected chi connectivity index (χ3v) is 4.17. The smallest absolute Gasteiger partial charge is 0.151 e.